The van der Waals surface area contributed by atoms with Gasteiger partial charge >= 0.3 is 0 Å². The van der Waals surface area contributed by atoms with E-state index in [0.29, 0.717) is 11.1 Å². The zero-order valence-corrected chi connectivity index (χ0v) is 20.6. The third-order valence-corrected chi connectivity index (χ3v) is 6.17. The molecule has 7 nitrogen and oxygen atoms in total. The van der Waals surface area contributed by atoms with Gasteiger partial charge in [-0.1, -0.05) is 54.6 Å². The highest BCUT2D eigenvalue weighted by Crippen LogP contribution is 2.16. The van der Waals surface area contributed by atoms with Crippen LogP contribution in [0.3, 0.4) is 0 Å². The molecule has 0 aliphatic heterocycles. The van der Waals surface area contributed by atoms with Crippen molar-refractivity contribution in [3.8, 4) is 5.75 Å². The van der Waals surface area contributed by atoms with Crippen LogP contribution in [0.1, 0.15) is 27.0 Å². The lowest BCUT2D eigenvalue weighted by atomic mass is 10.2. The van der Waals surface area contributed by atoms with E-state index in [0.717, 1.165) is 5.56 Å². The Balaban J connectivity index is 1.53. The molecule has 0 bridgehead atoms. The van der Waals surface area contributed by atoms with Gasteiger partial charge in [0.2, 0.25) is 5.43 Å². The number of benzene rings is 3. The van der Waals surface area contributed by atoms with Crippen LogP contribution in [-0.4, -0.2) is 14.9 Å². The average Bonchev–Trinajstić information content (AvgIpc) is 2.95. The summed E-state index contributed by atoms with van der Waals surface area (Å²) >= 11 is 0. The van der Waals surface area contributed by atoms with Crippen molar-refractivity contribution in [3.63, 3.8) is 0 Å². The van der Waals surface area contributed by atoms with Gasteiger partial charge in [0.05, 0.1) is 6.54 Å². The monoisotopic (exact) mass is 527 g/mol. The summed E-state index contributed by atoms with van der Waals surface area (Å²) in [6.07, 6.45) is 4.35. The summed E-state index contributed by atoms with van der Waals surface area (Å²) in [4.78, 5) is 40.1. The molecule has 5 rings (SSSR count). The first-order valence-electron chi connectivity index (χ1n) is 12.1. The van der Waals surface area contributed by atoms with Crippen LogP contribution in [0, 0.1) is 11.6 Å². The number of rotatable bonds is 8. The van der Waals surface area contributed by atoms with Gasteiger partial charge in [0.15, 0.2) is 11.3 Å². The Morgan fingerprint density at radius 1 is 0.795 bits per heavy atom. The lowest BCUT2D eigenvalue weighted by molar-refractivity contribution is 0.0948. The molecule has 0 aliphatic carbocycles. The number of carbonyl (C=O) groups excluding carboxylic acids is 1. The number of amides is 1. The summed E-state index contributed by atoms with van der Waals surface area (Å²) in [6.45, 7) is 0.210. The van der Waals surface area contributed by atoms with Crippen LogP contribution in [0.15, 0.2) is 107 Å². The van der Waals surface area contributed by atoms with Crippen LogP contribution in [0.4, 0.5) is 8.78 Å². The minimum atomic E-state index is -0.737. The molecular formula is C30H23F2N3O4. The molecule has 0 atom stereocenters. The molecular weight excluding hydrogens is 504 g/mol. The van der Waals surface area contributed by atoms with E-state index in [1.54, 1.807) is 18.3 Å². The minimum absolute atomic E-state index is 0.00130. The Kier molecular flexibility index (Phi) is 7.31. The number of halogens is 2. The van der Waals surface area contributed by atoms with Gasteiger partial charge in [-0.3, -0.25) is 14.4 Å². The maximum Gasteiger partial charge on any atom is 0.279 e. The van der Waals surface area contributed by atoms with Crippen LogP contribution in [0.25, 0.3) is 5.52 Å². The Morgan fingerprint density at radius 3 is 2.10 bits per heavy atom. The summed E-state index contributed by atoms with van der Waals surface area (Å²) in [5.74, 6) is -1.72. The van der Waals surface area contributed by atoms with Gasteiger partial charge in [0, 0.05) is 25.1 Å². The van der Waals surface area contributed by atoms with Crippen molar-refractivity contribution in [2.45, 2.75) is 19.7 Å². The van der Waals surface area contributed by atoms with Crippen LogP contribution >= 0.6 is 0 Å². The molecule has 196 valence electrons. The van der Waals surface area contributed by atoms with Gasteiger partial charge in [0.1, 0.15) is 23.8 Å². The predicted molar refractivity (Wildman–Crippen MR) is 142 cm³/mol. The van der Waals surface area contributed by atoms with E-state index in [2.05, 4.69) is 5.32 Å². The number of hydrogen-bond acceptors (Lipinski definition) is 4. The molecule has 2 aromatic heterocycles. The summed E-state index contributed by atoms with van der Waals surface area (Å²) in [7, 11) is 0. The first kappa shape index (κ1) is 25.6. The molecule has 0 saturated heterocycles. The minimum Gasteiger partial charge on any atom is -0.483 e. The molecule has 3 aromatic carbocycles. The van der Waals surface area contributed by atoms with E-state index in [9.17, 15) is 23.2 Å². The molecule has 0 fully saturated rings. The fraction of sp³-hybridized carbons (Fsp3) is 0.100. The number of ether oxygens (including phenoxy) is 1. The topological polar surface area (TPSA) is 81.8 Å². The Hall–Kier alpha value is -5.05. The van der Waals surface area contributed by atoms with Crippen molar-refractivity contribution >= 4 is 11.4 Å². The van der Waals surface area contributed by atoms with E-state index in [4.69, 9.17) is 4.74 Å². The number of carbonyl (C=O) groups is 1. The molecule has 5 aromatic rings. The fourth-order valence-corrected chi connectivity index (χ4v) is 4.11. The lowest BCUT2D eigenvalue weighted by Crippen LogP contribution is -2.32. The largest absolute Gasteiger partial charge is 0.483 e. The van der Waals surface area contributed by atoms with E-state index in [1.165, 1.54) is 57.8 Å². The molecule has 0 unspecified atom stereocenters. The summed E-state index contributed by atoms with van der Waals surface area (Å²) in [6, 6.07) is 20.5. The highest BCUT2D eigenvalue weighted by Gasteiger charge is 2.21. The molecule has 0 saturated carbocycles. The average molecular weight is 528 g/mol. The number of nitrogens with one attached hydrogen (secondary N) is 1. The summed E-state index contributed by atoms with van der Waals surface area (Å²) in [5.41, 5.74) is 0.607. The van der Waals surface area contributed by atoms with Gasteiger partial charge < -0.3 is 19.0 Å². The van der Waals surface area contributed by atoms with Crippen LogP contribution in [-0.2, 0) is 19.7 Å². The second-order valence-electron chi connectivity index (χ2n) is 8.90. The second-order valence-corrected chi connectivity index (χ2v) is 8.90. The molecule has 0 radical (unpaired) electrons. The van der Waals surface area contributed by atoms with Gasteiger partial charge in [-0.15, -0.1) is 0 Å². The third-order valence-electron chi connectivity index (χ3n) is 6.17. The number of hydrogen-bond donors (Lipinski definition) is 1. The highest BCUT2D eigenvalue weighted by molar-refractivity contribution is 5.95. The van der Waals surface area contributed by atoms with Gasteiger partial charge in [-0.2, -0.15) is 0 Å². The van der Waals surface area contributed by atoms with Gasteiger partial charge in [-0.05, 0) is 41.0 Å². The lowest BCUT2D eigenvalue weighted by Gasteiger charge is -2.14. The maximum atomic E-state index is 13.5. The van der Waals surface area contributed by atoms with Crippen LogP contribution in [0.2, 0.25) is 0 Å². The first-order chi connectivity index (χ1) is 18.9. The SMILES string of the molecule is O=C(NCc1ccc(F)cc1)c1cn2ccn(Cc3ccc(F)cc3)c(=O)c2c(OCc2ccccc2)c1=O. The summed E-state index contributed by atoms with van der Waals surface area (Å²) < 4.78 is 35.2. The number of fused-ring (bicyclic) bond motifs is 1. The molecule has 1 amide bonds. The van der Waals surface area contributed by atoms with Crippen molar-refractivity contribution in [2.24, 2.45) is 0 Å². The number of nitrogens with zero attached hydrogens (tertiary/aromatic N) is 2. The number of pyridine rings is 1. The first-order valence-corrected chi connectivity index (χ1v) is 12.1. The fourth-order valence-electron chi connectivity index (χ4n) is 4.11. The van der Waals surface area contributed by atoms with Gasteiger partial charge in [-0.25, -0.2) is 8.78 Å². The van der Waals surface area contributed by atoms with Crippen molar-refractivity contribution in [1.29, 1.82) is 0 Å². The standard InChI is InChI=1S/C30H23F2N3O4/c31-23-10-6-20(7-11-23)16-33-29(37)25-18-34-14-15-35(17-21-8-12-24(32)13-9-21)30(38)26(34)28(27(25)36)39-19-22-4-2-1-3-5-22/h1-15,18H,16-17,19H2,(H,33,37). The van der Waals surface area contributed by atoms with Crippen molar-refractivity contribution in [1.82, 2.24) is 14.3 Å². The summed E-state index contributed by atoms with van der Waals surface area (Å²) in [5, 5.41) is 2.66. The van der Waals surface area contributed by atoms with Crippen LogP contribution < -0.4 is 21.0 Å². The molecule has 2 heterocycles. The highest BCUT2D eigenvalue weighted by atomic mass is 19.1. The van der Waals surface area contributed by atoms with E-state index < -0.39 is 28.5 Å². The quantitative estimate of drug-likeness (QED) is 0.326. The van der Waals surface area contributed by atoms with E-state index >= 15 is 0 Å². The van der Waals surface area contributed by atoms with Crippen molar-refractivity contribution < 1.29 is 18.3 Å². The smallest absolute Gasteiger partial charge is 0.279 e. The van der Waals surface area contributed by atoms with E-state index in [-0.39, 0.29) is 36.5 Å². The Labute approximate surface area is 221 Å². The molecule has 39 heavy (non-hydrogen) atoms. The van der Waals surface area contributed by atoms with Gasteiger partial charge in [0.25, 0.3) is 11.5 Å². The molecule has 9 heteroatoms. The Morgan fingerprint density at radius 2 is 1.44 bits per heavy atom. The van der Waals surface area contributed by atoms with Crippen LogP contribution in [0.5, 0.6) is 5.75 Å². The zero-order chi connectivity index (χ0) is 27.4. The number of aromatic nitrogens is 2. The van der Waals surface area contributed by atoms with E-state index in [1.807, 2.05) is 30.3 Å². The predicted octanol–water partition coefficient (Wildman–Crippen LogP) is 4.30. The molecule has 1 N–H and O–H groups in total. The van der Waals surface area contributed by atoms with Crippen molar-refractivity contribution in [2.75, 3.05) is 0 Å². The molecule has 0 spiro atoms. The van der Waals surface area contributed by atoms with Crippen molar-refractivity contribution in [3.05, 3.63) is 152 Å². The second kappa shape index (κ2) is 11.1. The zero-order valence-electron chi connectivity index (χ0n) is 20.6. The molecule has 0 aliphatic rings. The normalized spacial score (nSPS) is 10.9. The third kappa shape index (κ3) is 5.77. The maximum absolute atomic E-state index is 13.5. The Bertz CT molecular complexity index is 1750.